The molecule has 146 valence electrons. The largest absolute Gasteiger partial charge is 0.508 e. The Bertz CT molecular complexity index is 1170. The van der Waals surface area contributed by atoms with Gasteiger partial charge in [-0.05, 0) is 41.8 Å². The van der Waals surface area contributed by atoms with Gasteiger partial charge in [-0.15, -0.1) is 10.2 Å². The molecule has 2 aromatic heterocycles. The summed E-state index contributed by atoms with van der Waals surface area (Å²) in [6, 6.07) is 13.4. The minimum atomic E-state index is -0.105. The molecule has 0 aliphatic carbocycles. The molecule has 3 N–H and O–H groups in total. The van der Waals surface area contributed by atoms with Gasteiger partial charge < -0.3 is 15.3 Å². The van der Waals surface area contributed by atoms with Gasteiger partial charge >= 0.3 is 0 Å². The Morgan fingerprint density at radius 3 is 2.34 bits per heavy atom. The minimum Gasteiger partial charge on any atom is -0.508 e. The molecule has 0 radical (unpaired) electrons. The zero-order chi connectivity index (χ0) is 20.5. The Kier molecular flexibility index (Phi) is 4.64. The topological polar surface area (TPSA) is 104 Å². The van der Waals surface area contributed by atoms with Crippen molar-refractivity contribution >= 4 is 0 Å². The second kappa shape index (κ2) is 7.27. The highest BCUT2D eigenvalue weighted by atomic mass is 16.3. The Hall–Kier alpha value is -3.87. The molecule has 0 atom stereocenters. The molecule has 7 nitrogen and oxygen atoms in total. The number of aromatic nitrogens is 4. The average molecular weight is 388 g/mol. The number of phenolic OH excluding ortho intramolecular Hbond substituents is 3. The summed E-state index contributed by atoms with van der Waals surface area (Å²) in [6.07, 6.45) is 3.33. The SMILES string of the molecule is CC(C)c1cc(-c2nnc(-c3cccc(O)c3)n2-c2cccnc2)c(O)cc1O. The van der Waals surface area contributed by atoms with Crippen LogP contribution < -0.4 is 0 Å². The molecule has 0 fully saturated rings. The van der Waals surface area contributed by atoms with Crippen molar-refractivity contribution in [1.29, 1.82) is 0 Å². The maximum Gasteiger partial charge on any atom is 0.172 e. The van der Waals surface area contributed by atoms with Crippen LogP contribution in [0.3, 0.4) is 0 Å². The van der Waals surface area contributed by atoms with Gasteiger partial charge in [0, 0.05) is 17.8 Å². The minimum absolute atomic E-state index is 0.0295. The standard InChI is InChI=1S/C22H20N4O3/c1-13(2)17-10-18(20(29)11-19(17)28)22-25-24-21(14-5-3-7-16(27)9-14)26(22)15-6-4-8-23-12-15/h3-13,27-29H,1-2H3. The van der Waals surface area contributed by atoms with Crippen LogP contribution in [-0.4, -0.2) is 35.1 Å². The maximum absolute atomic E-state index is 10.5. The summed E-state index contributed by atoms with van der Waals surface area (Å²) in [5, 5.41) is 39.3. The quantitative estimate of drug-likeness (QED) is 0.483. The summed E-state index contributed by atoms with van der Waals surface area (Å²) < 4.78 is 1.76. The van der Waals surface area contributed by atoms with E-state index in [1.807, 2.05) is 26.0 Å². The lowest BCUT2D eigenvalue weighted by Crippen LogP contribution is -2.01. The average Bonchev–Trinajstić information content (AvgIpc) is 3.13. The van der Waals surface area contributed by atoms with Gasteiger partial charge in [-0.3, -0.25) is 9.55 Å². The molecule has 2 aromatic carbocycles. The molecule has 7 heteroatoms. The van der Waals surface area contributed by atoms with E-state index in [1.165, 1.54) is 6.07 Å². The van der Waals surface area contributed by atoms with Gasteiger partial charge in [0.1, 0.15) is 17.2 Å². The smallest absolute Gasteiger partial charge is 0.172 e. The third-order valence-electron chi connectivity index (χ3n) is 4.68. The van der Waals surface area contributed by atoms with E-state index in [-0.39, 0.29) is 23.2 Å². The van der Waals surface area contributed by atoms with Crippen LogP contribution >= 0.6 is 0 Å². The van der Waals surface area contributed by atoms with E-state index in [9.17, 15) is 15.3 Å². The van der Waals surface area contributed by atoms with Gasteiger partial charge in [-0.2, -0.15) is 0 Å². The molecule has 0 saturated heterocycles. The summed E-state index contributed by atoms with van der Waals surface area (Å²) in [7, 11) is 0. The summed E-state index contributed by atoms with van der Waals surface area (Å²) >= 11 is 0. The highest BCUT2D eigenvalue weighted by molar-refractivity contribution is 5.72. The number of hydrogen-bond donors (Lipinski definition) is 3. The maximum atomic E-state index is 10.5. The normalized spacial score (nSPS) is 11.1. The van der Waals surface area contributed by atoms with E-state index in [1.54, 1.807) is 47.3 Å². The first-order valence-corrected chi connectivity index (χ1v) is 9.17. The van der Waals surface area contributed by atoms with Crippen molar-refractivity contribution in [2.24, 2.45) is 0 Å². The van der Waals surface area contributed by atoms with Gasteiger partial charge in [0.25, 0.3) is 0 Å². The fraction of sp³-hybridized carbons (Fsp3) is 0.136. The number of phenols is 3. The van der Waals surface area contributed by atoms with E-state index < -0.39 is 0 Å². The van der Waals surface area contributed by atoms with Crippen LogP contribution in [0, 0.1) is 0 Å². The van der Waals surface area contributed by atoms with Crippen LogP contribution in [-0.2, 0) is 0 Å². The Morgan fingerprint density at radius 1 is 0.862 bits per heavy atom. The van der Waals surface area contributed by atoms with Crippen LogP contribution in [0.1, 0.15) is 25.3 Å². The zero-order valence-corrected chi connectivity index (χ0v) is 16.0. The van der Waals surface area contributed by atoms with Gasteiger partial charge in [0.2, 0.25) is 0 Å². The number of aromatic hydroxyl groups is 3. The lowest BCUT2D eigenvalue weighted by Gasteiger charge is -2.14. The molecule has 4 aromatic rings. The first-order chi connectivity index (χ1) is 14.0. The van der Waals surface area contributed by atoms with Gasteiger partial charge in [-0.1, -0.05) is 26.0 Å². The lowest BCUT2D eigenvalue weighted by molar-refractivity contribution is 0.444. The van der Waals surface area contributed by atoms with Crippen LogP contribution in [0.4, 0.5) is 0 Å². The molecule has 0 bridgehead atoms. The van der Waals surface area contributed by atoms with Crippen molar-refractivity contribution in [2.45, 2.75) is 19.8 Å². The van der Waals surface area contributed by atoms with Crippen molar-refractivity contribution < 1.29 is 15.3 Å². The number of pyridine rings is 1. The fourth-order valence-electron chi connectivity index (χ4n) is 3.26. The van der Waals surface area contributed by atoms with E-state index in [4.69, 9.17) is 0 Å². The first-order valence-electron chi connectivity index (χ1n) is 9.17. The molecule has 0 unspecified atom stereocenters. The summed E-state index contributed by atoms with van der Waals surface area (Å²) in [5.74, 6) is 0.973. The van der Waals surface area contributed by atoms with Crippen molar-refractivity contribution in [3.8, 4) is 45.7 Å². The highest BCUT2D eigenvalue weighted by Gasteiger charge is 2.22. The Morgan fingerprint density at radius 2 is 1.66 bits per heavy atom. The highest BCUT2D eigenvalue weighted by Crippen LogP contribution is 2.39. The molecule has 0 saturated carbocycles. The zero-order valence-electron chi connectivity index (χ0n) is 16.0. The number of rotatable bonds is 4. The first kappa shape index (κ1) is 18.5. The van der Waals surface area contributed by atoms with E-state index in [2.05, 4.69) is 15.2 Å². The molecular formula is C22H20N4O3. The predicted octanol–water partition coefficient (Wildman–Crippen LogP) is 4.24. The molecule has 0 aliphatic rings. The van der Waals surface area contributed by atoms with Crippen molar-refractivity contribution in [1.82, 2.24) is 19.7 Å². The monoisotopic (exact) mass is 388 g/mol. The van der Waals surface area contributed by atoms with Crippen LogP contribution in [0.2, 0.25) is 0 Å². The van der Waals surface area contributed by atoms with Crippen molar-refractivity contribution in [3.63, 3.8) is 0 Å². The van der Waals surface area contributed by atoms with Gasteiger partial charge in [-0.25, -0.2) is 0 Å². The van der Waals surface area contributed by atoms with Gasteiger partial charge in [0.05, 0.1) is 17.4 Å². The van der Waals surface area contributed by atoms with Gasteiger partial charge in [0.15, 0.2) is 11.6 Å². The Balaban J connectivity index is 2.00. The van der Waals surface area contributed by atoms with Crippen molar-refractivity contribution in [3.05, 3.63) is 66.5 Å². The van der Waals surface area contributed by atoms with Crippen molar-refractivity contribution in [2.75, 3.05) is 0 Å². The van der Waals surface area contributed by atoms with Crippen LogP contribution in [0.15, 0.2) is 60.9 Å². The number of hydrogen-bond acceptors (Lipinski definition) is 6. The number of benzene rings is 2. The third-order valence-corrected chi connectivity index (χ3v) is 4.68. The summed E-state index contributed by atoms with van der Waals surface area (Å²) in [5.41, 5.74) is 2.49. The number of nitrogens with zero attached hydrogens (tertiary/aromatic N) is 4. The fourth-order valence-corrected chi connectivity index (χ4v) is 3.26. The molecule has 0 amide bonds. The van der Waals surface area contributed by atoms with E-state index in [0.717, 1.165) is 0 Å². The molecule has 4 rings (SSSR count). The second-order valence-corrected chi connectivity index (χ2v) is 7.03. The van der Waals surface area contributed by atoms with Crippen LogP contribution in [0.25, 0.3) is 28.5 Å². The lowest BCUT2D eigenvalue weighted by atomic mass is 9.98. The van der Waals surface area contributed by atoms with E-state index in [0.29, 0.717) is 34.0 Å². The predicted molar refractivity (Wildman–Crippen MR) is 109 cm³/mol. The summed E-state index contributed by atoms with van der Waals surface area (Å²) in [6.45, 7) is 3.92. The summed E-state index contributed by atoms with van der Waals surface area (Å²) in [4.78, 5) is 4.18. The molecule has 2 heterocycles. The molecule has 29 heavy (non-hydrogen) atoms. The van der Waals surface area contributed by atoms with Crippen LogP contribution in [0.5, 0.6) is 17.2 Å². The molecule has 0 aliphatic heterocycles. The second-order valence-electron chi connectivity index (χ2n) is 7.03. The van der Waals surface area contributed by atoms with E-state index >= 15 is 0 Å². The molecule has 0 spiro atoms. The Labute approximate surface area is 167 Å². The molecular weight excluding hydrogens is 368 g/mol. The third kappa shape index (κ3) is 3.38.